The molecule has 0 bridgehead atoms. The van der Waals surface area contributed by atoms with Crippen molar-refractivity contribution in [1.82, 2.24) is 30.7 Å². The quantitative estimate of drug-likeness (QED) is 0.0292. The van der Waals surface area contributed by atoms with Crippen molar-refractivity contribution in [3.8, 4) is 0 Å². The van der Waals surface area contributed by atoms with Crippen LogP contribution in [0.2, 0.25) is 0 Å². The summed E-state index contributed by atoms with van der Waals surface area (Å²) in [4.78, 5) is 164. The van der Waals surface area contributed by atoms with Crippen molar-refractivity contribution in [2.24, 2.45) is 46.3 Å². The molecule has 29 heteroatoms. The molecule has 0 aromatic carbocycles. The molecule has 9 amide bonds. The van der Waals surface area contributed by atoms with Crippen molar-refractivity contribution in [2.45, 2.75) is 175 Å². The largest absolute Gasteiger partial charge is 0.469 e. The number of nitrogens with one attached hydrogen (secondary N) is 3. The Labute approximate surface area is 627 Å². The van der Waals surface area contributed by atoms with Crippen LogP contribution in [-0.2, 0) is 81.3 Å². The molecule has 0 aromatic rings. The van der Waals surface area contributed by atoms with E-state index in [1.54, 1.807) is 35.3 Å². The number of carbonyl (C=O) groups is 13. The third kappa shape index (κ3) is 24.8. The molecule has 7 aliphatic rings. The van der Waals surface area contributed by atoms with Crippen molar-refractivity contribution in [3.63, 3.8) is 0 Å². The van der Waals surface area contributed by atoms with Gasteiger partial charge in [0.15, 0.2) is 0 Å². The summed E-state index contributed by atoms with van der Waals surface area (Å²) in [5, 5.41) is 8.87. The third-order valence-electron chi connectivity index (χ3n) is 21.1. The van der Waals surface area contributed by atoms with E-state index in [1.807, 2.05) is 0 Å². The van der Waals surface area contributed by atoms with Gasteiger partial charge in [-0.3, -0.25) is 77.0 Å². The van der Waals surface area contributed by atoms with Gasteiger partial charge in [0.1, 0.15) is 17.3 Å². The van der Waals surface area contributed by atoms with E-state index < -0.39 is 35.4 Å². The van der Waals surface area contributed by atoms with Gasteiger partial charge in [-0.25, -0.2) is 0 Å². The monoisotopic (exact) mass is 1530 g/mol. The standard InChI is InChI=1S/C73H108N6O17S6/c1-47(14-8-17-67(89)93-7)53-18-19-54-68-55(40-60(73(53,54)6)96-31-13-34-99-36-24-75-62(84)16-10-27-78-65(87)42-58(70(78)91)101-45-49(3)81)72(5)22-20-52(94-29-11-32-97-37-25-76-63(85)21-28-79-66(88)43-59(71(79)92)102-46-50(4)82)38-51(72)39-56(68)95-30-12-33-98-35-23-74-61(83)15-9-26-77-64(86)41-57(69(77)90)100-44-48(2)80/h41-43,47,51-56,60,68H,8-40,44-46H2,1-7H3,(H,74,83)(H,75,84)(H,76,85)/t47-,51?,52-,53+,54?,55?,56-,60+,68?,72+,73-/m1/s1. The molecule has 3 N–H and O–H groups in total. The second-order valence-corrected chi connectivity index (χ2v) is 35.0. The normalized spacial score (nSPS) is 25.6. The lowest BCUT2D eigenvalue weighted by atomic mass is 9.43. The number of Topliss-reactive ketones (excluding diaryl/α,β-unsaturated/α-hetero) is 3. The van der Waals surface area contributed by atoms with Crippen LogP contribution in [0.1, 0.15) is 157 Å². The molecule has 568 valence electrons. The third-order valence-corrected chi connectivity index (χ3v) is 27.7. The van der Waals surface area contributed by atoms with Crippen molar-refractivity contribution in [1.29, 1.82) is 0 Å². The Morgan fingerprint density at radius 2 is 0.990 bits per heavy atom. The molecule has 3 heterocycles. The average molecular weight is 1530 g/mol. The zero-order valence-corrected chi connectivity index (χ0v) is 65.5. The van der Waals surface area contributed by atoms with Gasteiger partial charge in [0.25, 0.3) is 35.4 Å². The van der Waals surface area contributed by atoms with Gasteiger partial charge in [-0.15, -0.1) is 35.3 Å². The van der Waals surface area contributed by atoms with Gasteiger partial charge in [0.2, 0.25) is 17.7 Å². The number of methoxy groups -OCH3 is 1. The van der Waals surface area contributed by atoms with Gasteiger partial charge in [-0.05, 0) is 169 Å². The summed E-state index contributed by atoms with van der Waals surface area (Å²) >= 11 is 8.42. The number of amides is 9. The van der Waals surface area contributed by atoms with Crippen LogP contribution in [0.4, 0.5) is 0 Å². The van der Waals surface area contributed by atoms with Gasteiger partial charge in [-0.2, -0.15) is 35.3 Å². The zero-order chi connectivity index (χ0) is 73.9. The predicted octanol–water partition coefficient (Wildman–Crippen LogP) is 8.39. The summed E-state index contributed by atoms with van der Waals surface area (Å²) in [6.07, 6.45) is 16.6. The molecule has 0 spiro atoms. The fourth-order valence-electron chi connectivity index (χ4n) is 16.0. The number of thioether (sulfide) groups is 6. The van der Waals surface area contributed by atoms with Crippen LogP contribution in [0.25, 0.3) is 0 Å². The maximum absolute atomic E-state index is 12.8. The molecule has 11 atom stereocenters. The highest BCUT2D eigenvalue weighted by Gasteiger charge is 2.67. The molecular formula is C73H108N6O17S6. The Kier molecular flexibility index (Phi) is 35.5. The van der Waals surface area contributed by atoms with E-state index in [0.29, 0.717) is 100.0 Å². The molecular weight excluding hydrogens is 1430 g/mol. The first kappa shape index (κ1) is 84.8. The van der Waals surface area contributed by atoms with Crippen LogP contribution in [-0.4, -0.2) is 227 Å². The Bertz CT molecular complexity index is 3100. The fourth-order valence-corrected chi connectivity index (χ4v) is 20.7. The summed E-state index contributed by atoms with van der Waals surface area (Å²) in [5.41, 5.74) is -0.106. The SMILES string of the molecule is COC(=O)CCC[C@@H](C)[C@@H]1CCC2C3C(C[C@H](OCCCSCCNC(=O)CCCN4C(=O)C=C(SCC(C)=O)C4=O)[C@@]21C)[C@@]1(C)CC[C@@H](OCCCSCCNC(=O)CCN2C(=O)C=C(SCC(C)=O)C2=O)CC1C[C@H]3OCCCSCCNC(=O)CCCN1C(=O)C=C(SCC(C)=O)C1=O. The first-order valence-corrected chi connectivity index (χ1v) is 42.8. The summed E-state index contributed by atoms with van der Waals surface area (Å²) in [7, 11) is 1.44. The van der Waals surface area contributed by atoms with E-state index in [0.717, 1.165) is 156 Å². The molecule has 0 aromatic heterocycles. The minimum absolute atomic E-state index is 0.00427. The topological polar surface area (TPSA) is 305 Å². The molecule has 4 unspecified atom stereocenters. The molecule has 0 saturated heterocycles. The van der Waals surface area contributed by atoms with Gasteiger partial charge in [0.05, 0.1) is 57.4 Å². The number of ketones is 3. The molecule has 0 radical (unpaired) electrons. The van der Waals surface area contributed by atoms with E-state index in [9.17, 15) is 62.3 Å². The lowest BCUT2D eigenvalue weighted by molar-refractivity contribution is -0.227. The van der Waals surface area contributed by atoms with E-state index in [2.05, 4.69) is 36.7 Å². The van der Waals surface area contributed by atoms with Crippen molar-refractivity contribution < 1.29 is 81.3 Å². The van der Waals surface area contributed by atoms with Gasteiger partial charge in [-0.1, -0.05) is 20.8 Å². The number of nitrogens with zero attached hydrogens (tertiary/aromatic N) is 3. The zero-order valence-electron chi connectivity index (χ0n) is 60.6. The lowest BCUT2D eigenvalue weighted by Crippen LogP contribution is -2.63. The molecule has 3 aliphatic heterocycles. The summed E-state index contributed by atoms with van der Waals surface area (Å²) in [6.45, 7) is 15.2. The second-order valence-electron chi connectivity index (χ2n) is 28.3. The van der Waals surface area contributed by atoms with Crippen LogP contribution in [0.5, 0.6) is 0 Å². The van der Waals surface area contributed by atoms with E-state index >= 15 is 0 Å². The van der Waals surface area contributed by atoms with Crippen LogP contribution in [0, 0.1) is 46.3 Å². The van der Waals surface area contributed by atoms with Crippen LogP contribution in [0.3, 0.4) is 0 Å². The van der Waals surface area contributed by atoms with Gasteiger partial charge >= 0.3 is 5.97 Å². The summed E-state index contributed by atoms with van der Waals surface area (Å²) in [5.74, 6) is 3.57. The number of rotatable bonds is 49. The maximum atomic E-state index is 12.8. The highest BCUT2D eigenvalue weighted by Crippen LogP contribution is 2.69. The number of ether oxygens (including phenoxy) is 4. The second kappa shape index (κ2) is 42.7. The first-order valence-electron chi connectivity index (χ1n) is 36.4. The molecule has 4 saturated carbocycles. The molecule has 4 fully saturated rings. The maximum Gasteiger partial charge on any atom is 0.305 e. The number of hydrogen-bond donors (Lipinski definition) is 3. The van der Waals surface area contributed by atoms with E-state index in [-0.39, 0.29) is 141 Å². The number of carbonyl (C=O) groups excluding carboxylic acids is 13. The number of hydrogen-bond acceptors (Lipinski definition) is 23. The minimum Gasteiger partial charge on any atom is -0.469 e. The fraction of sp³-hybridized carbons (Fsp3) is 0.740. The summed E-state index contributed by atoms with van der Waals surface area (Å²) in [6, 6.07) is 0. The first-order chi connectivity index (χ1) is 48.8. The number of imide groups is 3. The van der Waals surface area contributed by atoms with Crippen molar-refractivity contribution in [2.75, 3.05) is 118 Å². The molecule has 7 rings (SSSR count). The Morgan fingerprint density at radius 1 is 0.529 bits per heavy atom. The van der Waals surface area contributed by atoms with Crippen LogP contribution in [0.15, 0.2) is 32.9 Å². The Balaban J connectivity index is 0.911. The molecule has 23 nitrogen and oxygen atoms in total. The Morgan fingerprint density at radius 3 is 1.47 bits per heavy atom. The highest BCUT2D eigenvalue weighted by molar-refractivity contribution is 8.05. The smallest absolute Gasteiger partial charge is 0.305 e. The number of fused-ring (bicyclic) bond motifs is 5. The summed E-state index contributed by atoms with van der Waals surface area (Å²) < 4.78 is 26.4. The highest BCUT2D eigenvalue weighted by atomic mass is 32.2. The number of esters is 1. The van der Waals surface area contributed by atoms with E-state index in [1.165, 1.54) is 46.1 Å². The van der Waals surface area contributed by atoms with Crippen LogP contribution >= 0.6 is 70.6 Å². The Hall–Kier alpha value is -4.49. The average Bonchev–Trinajstić information content (AvgIpc) is 1.32. The van der Waals surface area contributed by atoms with Crippen molar-refractivity contribution >= 4 is 147 Å². The molecule has 4 aliphatic carbocycles. The molecule has 102 heavy (non-hydrogen) atoms. The lowest BCUT2D eigenvalue weighted by Gasteiger charge is -2.65. The van der Waals surface area contributed by atoms with Gasteiger partial charge < -0.3 is 34.9 Å². The van der Waals surface area contributed by atoms with Crippen LogP contribution < -0.4 is 16.0 Å². The van der Waals surface area contributed by atoms with Crippen molar-refractivity contribution in [3.05, 3.63) is 32.9 Å². The van der Waals surface area contributed by atoms with E-state index in [4.69, 9.17) is 18.9 Å². The minimum atomic E-state index is -0.475. The predicted molar refractivity (Wildman–Crippen MR) is 402 cm³/mol. The van der Waals surface area contributed by atoms with Gasteiger partial charge in [0, 0.05) is 126 Å².